The fraction of sp³-hybridized carbons (Fsp3) is 0.857. The second kappa shape index (κ2) is 11.7. The molecule has 5 atom stereocenters. The van der Waals surface area contributed by atoms with Gasteiger partial charge in [-0.3, -0.25) is 24.0 Å². The number of ketones is 1. The van der Waals surface area contributed by atoms with Crippen molar-refractivity contribution < 1.29 is 24.0 Å². The average molecular weight is 611 g/mol. The van der Waals surface area contributed by atoms with Crippen molar-refractivity contribution in [3.8, 4) is 0 Å². The summed E-state index contributed by atoms with van der Waals surface area (Å²) in [7, 11) is 0. The number of Topliss-reactive ketones (excluding diaryl/α,β-unsaturated/α-hetero) is 1. The molecule has 0 aromatic carbocycles. The van der Waals surface area contributed by atoms with Gasteiger partial charge in [-0.2, -0.15) is 0 Å². The van der Waals surface area contributed by atoms with Gasteiger partial charge in [0.2, 0.25) is 23.5 Å². The second-order valence-corrected chi connectivity index (χ2v) is 17.1. The Morgan fingerprint density at radius 2 is 1.48 bits per heavy atom. The highest BCUT2D eigenvalue weighted by atomic mass is 16.2. The van der Waals surface area contributed by atoms with E-state index in [4.69, 9.17) is 0 Å². The monoisotopic (exact) mass is 610 g/mol. The Hall–Kier alpha value is -2.45. The van der Waals surface area contributed by atoms with Crippen LogP contribution < -0.4 is 16.0 Å². The summed E-state index contributed by atoms with van der Waals surface area (Å²) in [5.41, 5.74) is -0.480. The van der Waals surface area contributed by atoms with E-state index in [2.05, 4.69) is 16.0 Å². The van der Waals surface area contributed by atoms with Crippen LogP contribution in [0.1, 0.15) is 112 Å². The van der Waals surface area contributed by atoms with E-state index < -0.39 is 35.2 Å². The van der Waals surface area contributed by atoms with E-state index in [0.29, 0.717) is 13.0 Å². The van der Waals surface area contributed by atoms with Crippen LogP contribution in [-0.2, 0) is 24.0 Å². The van der Waals surface area contributed by atoms with Crippen molar-refractivity contribution >= 4 is 29.4 Å². The first kappa shape index (κ1) is 31.5. The van der Waals surface area contributed by atoms with Crippen LogP contribution >= 0.6 is 0 Å². The highest BCUT2D eigenvalue weighted by molar-refractivity contribution is 6.38. The van der Waals surface area contributed by atoms with E-state index >= 15 is 0 Å². The molecule has 7 fully saturated rings. The molecule has 0 aromatic heterocycles. The normalized spacial score (nSPS) is 35.3. The van der Waals surface area contributed by atoms with E-state index in [-0.39, 0.29) is 46.9 Å². The lowest BCUT2D eigenvalue weighted by Gasteiger charge is -2.56. The molecule has 3 N–H and O–H groups in total. The summed E-state index contributed by atoms with van der Waals surface area (Å²) in [5.74, 6) is 0.255. The smallest absolute Gasteiger partial charge is 0.289 e. The predicted molar refractivity (Wildman–Crippen MR) is 166 cm³/mol. The first-order valence-corrected chi connectivity index (χ1v) is 17.5. The molecule has 7 aliphatic rings. The summed E-state index contributed by atoms with van der Waals surface area (Å²) in [6.45, 7) is 10.0. The molecule has 4 amide bonds. The third kappa shape index (κ3) is 6.31. The van der Waals surface area contributed by atoms with Gasteiger partial charge in [-0.05, 0) is 111 Å². The SMILES string of the molecule is CC(C)[C@H](NC(=O)[C@@H]1[C@H]2CCC[C@H]2CN1C(=O)[C@@H](NC(=O)CC12CC3CC(CC(C3)C1)C2)C(C)(C)C)C(=O)C(=O)NC1CC1. The molecule has 7 rings (SSSR count). The molecule has 6 saturated carbocycles. The van der Waals surface area contributed by atoms with Gasteiger partial charge in [0.1, 0.15) is 12.1 Å². The number of rotatable bonds is 10. The fourth-order valence-electron chi connectivity index (χ4n) is 10.1. The van der Waals surface area contributed by atoms with Crippen LogP contribution in [0.2, 0.25) is 0 Å². The van der Waals surface area contributed by atoms with Crippen molar-refractivity contribution in [1.82, 2.24) is 20.9 Å². The number of carbonyl (C=O) groups is 5. The van der Waals surface area contributed by atoms with Crippen LogP contribution in [0.4, 0.5) is 0 Å². The zero-order chi connectivity index (χ0) is 31.6. The molecule has 4 bridgehead atoms. The molecule has 1 saturated heterocycles. The number of nitrogens with zero attached hydrogens (tertiary/aromatic N) is 1. The van der Waals surface area contributed by atoms with Crippen molar-refractivity contribution in [2.75, 3.05) is 6.54 Å². The van der Waals surface area contributed by atoms with Gasteiger partial charge in [-0.15, -0.1) is 0 Å². The molecule has 6 aliphatic carbocycles. The van der Waals surface area contributed by atoms with E-state index in [1.807, 2.05) is 34.6 Å². The first-order chi connectivity index (χ1) is 20.7. The molecule has 1 heterocycles. The van der Waals surface area contributed by atoms with Crippen LogP contribution in [-0.4, -0.2) is 65.0 Å². The molecule has 44 heavy (non-hydrogen) atoms. The third-order valence-corrected chi connectivity index (χ3v) is 11.9. The van der Waals surface area contributed by atoms with Gasteiger partial charge in [0, 0.05) is 19.0 Å². The Labute approximate surface area is 262 Å². The standard InChI is InChI=1S/C35H54N4O5/c1-19(2)27(29(41)32(43)36-24-9-10-24)38-31(42)28-25-8-6-7-23(25)18-39(28)33(44)30(34(3,4)5)37-26(40)17-35-14-20-11-21(15-35)13-22(12-20)16-35/h19-25,27-28,30H,6-18H2,1-5H3,(H,36,43)(H,37,40)(H,38,42)/t20?,21?,22?,23-,25-,27-,28-,30+,35?/m0/s1. The summed E-state index contributed by atoms with van der Waals surface area (Å²) in [6.07, 6.45) is 12.4. The number of amides is 4. The van der Waals surface area contributed by atoms with E-state index in [1.165, 1.54) is 19.3 Å². The maximum absolute atomic E-state index is 14.4. The fourth-order valence-corrected chi connectivity index (χ4v) is 10.1. The summed E-state index contributed by atoms with van der Waals surface area (Å²) in [6, 6.07) is -2.40. The van der Waals surface area contributed by atoms with E-state index in [9.17, 15) is 24.0 Å². The Morgan fingerprint density at radius 3 is 2.02 bits per heavy atom. The Kier molecular flexibility index (Phi) is 8.40. The highest BCUT2D eigenvalue weighted by Gasteiger charge is 2.54. The number of nitrogens with one attached hydrogen (secondary N) is 3. The number of likely N-dealkylation sites (tertiary alicyclic amines) is 1. The number of carbonyl (C=O) groups excluding carboxylic acids is 5. The number of hydrogen-bond donors (Lipinski definition) is 3. The molecule has 0 unspecified atom stereocenters. The Morgan fingerprint density at radius 1 is 0.864 bits per heavy atom. The molecular formula is C35H54N4O5. The van der Waals surface area contributed by atoms with Crippen molar-refractivity contribution in [1.29, 1.82) is 0 Å². The Bertz CT molecular complexity index is 1150. The lowest BCUT2D eigenvalue weighted by molar-refractivity contribution is -0.147. The van der Waals surface area contributed by atoms with Crippen LogP contribution in [0.25, 0.3) is 0 Å². The van der Waals surface area contributed by atoms with Gasteiger partial charge in [0.15, 0.2) is 0 Å². The summed E-state index contributed by atoms with van der Waals surface area (Å²) < 4.78 is 0. The maximum atomic E-state index is 14.4. The highest BCUT2D eigenvalue weighted by Crippen LogP contribution is 2.61. The topological polar surface area (TPSA) is 125 Å². The number of hydrogen-bond acceptors (Lipinski definition) is 5. The zero-order valence-electron chi connectivity index (χ0n) is 27.5. The van der Waals surface area contributed by atoms with Gasteiger partial charge in [0.05, 0.1) is 6.04 Å². The molecule has 1 aliphatic heterocycles. The van der Waals surface area contributed by atoms with Crippen LogP contribution in [0.3, 0.4) is 0 Å². The Balaban J connectivity index is 1.17. The number of fused-ring (bicyclic) bond motifs is 1. The molecule has 244 valence electrons. The molecule has 0 spiro atoms. The van der Waals surface area contributed by atoms with E-state index in [0.717, 1.165) is 69.1 Å². The van der Waals surface area contributed by atoms with Gasteiger partial charge >= 0.3 is 0 Å². The van der Waals surface area contributed by atoms with Crippen LogP contribution in [0, 0.1) is 46.3 Å². The lowest BCUT2D eigenvalue weighted by atomic mass is 9.49. The van der Waals surface area contributed by atoms with Gasteiger partial charge < -0.3 is 20.9 Å². The molecule has 0 aromatic rings. The quantitative estimate of drug-likeness (QED) is 0.325. The molecular weight excluding hydrogens is 556 g/mol. The zero-order valence-corrected chi connectivity index (χ0v) is 27.5. The van der Waals surface area contributed by atoms with Gasteiger partial charge in [-0.25, -0.2) is 0 Å². The minimum absolute atomic E-state index is 0.00509. The summed E-state index contributed by atoms with van der Waals surface area (Å²) in [5, 5.41) is 8.83. The molecule has 9 heteroatoms. The first-order valence-electron chi connectivity index (χ1n) is 17.5. The van der Waals surface area contributed by atoms with Crippen molar-refractivity contribution in [2.45, 2.75) is 136 Å². The summed E-state index contributed by atoms with van der Waals surface area (Å²) >= 11 is 0. The lowest BCUT2D eigenvalue weighted by Crippen LogP contribution is -2.60. The largest absolute Gasteiger partial charge is 0.347 e. The van der Waals surface area contributed by atoms with E-state index in [1.54, 1.807) is 4.90 Å². The predicted octanol–water partition coefficient (Wildman–Crippen LogP) is 3.74. The van der Waals surface area contributed by atoms with Gasteiger partial charge in [0.25, 0.3) is 5.91 Å². The minimum Gasteiger partial charge on any atom is -0.347 e. The minimum atomic E-state index is -0.961. The van der Waals surface area contributed by atoms with Crippen molar-refractivity contribution in [3.63, 3.8) is 0 Å². The molecule has 0 radical (unpaired) electrons. The third-order valence-electron chi connectivity index (χ3n) is 11.9. The van der Waals surface area contributed by atoms with Crippen molar-refractivity contribution in [2.24, 2.45) is 46.3 Å². The molecule has 9 nitrogen and oxygen atoms in total. The average Bonchev–Trinajstić information content (AvgIpc) is 3.48. The van der Waals surface area contributed by atoms with Crippen LogP contribution in [0.5, 0.6) is 0 Å². The van der Waals surface area contributed by atoms with Crippen LogP contribution in [0.15, 0.2) is 0 Å². The maximum Gasteiger partial charge on any atom is 0.289 e. The van der Waals surface area contributed by atoms with Gasteiger partial charge in [-0.1, -0.05) is 41.0 Å². The second-order valence-electron chi connectivity index (χ2n) is 17.1. The van der Waals surface area contributed by atoms with Crippen molar-refractivity contribution in [3.05, 3.63) is 0 Å². The summed E-state index contributed by atoms with van der Waals surface area (Å²) in [4.78, 5) is 69.6.